The van der Waals surface area contributed by atoms with Gasteiger partial charge in [0.25, 0.3) is 0 Å². The molecule has 15 heavy (non-hydrogen) atoms. The Kier molecular flexibility index (Phi) is 3.61. The number of rotatable bonds is 2. The molecule has 1 saturated heterocycles. The van der Waals surface area contributed by atoms with Gasteiger partial charge in [-0.1, -0.05) is 22.0 Å². The largest absolute Gasteiger partial charge is 0.392 e. The van der Waals surface area contributed by atoms with E-state index in [2.05, 4.69) is 32.2 Å². The maximum absolute atomic E-state index is 9.28. The SMILES string of the molecule is OCc1ccc(Br)cc1N1CCNCC1. The number of nitrogens with zero attached hydrogens (tertiary/aromatic N) is 1. The van der Waals surface area contributed by atoms with Crippen molar-refractivity contribution in [2.24, 2.45) is 0 Å². The Morgan fingerprint density at radius 2 is 2.07 bits per heavy atom. The van der Waals surface area contributed by atoms with E-state index < -0.39 is 0 Å². The van der Waals surface area contributed by atoms with Gasteiger partial charge in [-0.05, 0) is 12.1 Å². The first kappa shape index (κ1) is 10.9. The van der Waals surface area contributed by atoms with Crippen molar-refractivity contribution in [1.82, 2.24) is 5.32 Å². The van der Waals surface area contributed by atoms with Gasteiger partial charge in [0.05, 0.1) is 6.61 Å². The molecule has 0 radical (unpaired) electrons. The Morgan fingerprint density at radius 1 is 1.33 bits per heavy atom. The second-order valence-corrected chi connectivity index (χ2v) is 4.58. The first-order chi connectivity index (χ1) is 7.31. The van der Waals surface area contributed by atoms with Crippen molar-refractivity contribution in [3.8, 4) is 0 Å². The Labute approximate surface area is 98.2 Å². The molecule has 1 aromatic carbocycles. The topological polar surface area (TPSA) is 35.5 Å². The van der Waals surface area contributed by atoms with Crippen LogP contribution in [0.25, 0.3) is 0 Å². The standard InChI is InChI=1S/C11H15BrN2O/c12-10-2-1-9(8-15)11(7-10)14-5-3-13-4-6-14/h1-2,7,13,15H,3-6,8H2. The number of benzene rings is 1. The summed E-state index contributed by atoms with van der Waals surface area (Å²) in [5, 5.41) is 12.6. The molecule has 2 rings (SSSR count). The molecule has 0 aromatic heterocycles. The predicted molar refractivity (Wildman–Crippen MR) is 65.1 cm³/mol. The molecule has 3 nitrogen and oxygen atoms in total. The Hall–Kier alpha value is -0.580. The van der Waals surface area contributed by atoms with Gasteiger partial charge in [-0.3, -0.25) is 0 Å². The van der Waals surface area contributed by atoms with Gasteiger partial charge in [0.1, 0.15) is 0 Å². The van der Waals surface area contributed by atoms with Gasteiger partial charge >= 0.3 is 0 Å². The number of aliphatic hydroxyl groups is 1. The number of nitrogens with one attached hydrogen (secondary N) is 1. The average molecular weight is 271 g/mol. The van der Waals surface area contributed by atoms with E-state index >= 15 is 0 Å². The lowest BCUT2D eigenvalue weighted by molar-refractivity contribution is 0.282. The molecular weight excluding hydrogens is 256 g/mol. The van der Waals surface area contributed by atoms with Crippen LogP contribution in [-0.4, -0.2) is 31.3 Å². The van der Waals surface area contributed by atoms with E-state index in [1.54, 1.807) is 0 Å². The van der Waals surface area contributed by atoms with E-state index in [-0.39, 0.29) is 6.61 Å². The van der Waals surface area contributed by atoms with E-state index in [4.69, 9.17) is 0 Å². The number of hydrogen-bond acceptors (Lipinski definition) is 3. The van der Waals surface area contributed by atoms with Crippen LogP contribution in [0, 0.1) is 0 Å². The maximum Gasteiger partial charge on any atom is 0.0702 e. The molecule has 1 heterocycles. The minimum atomic E-state index is 0.104. The van der Waals surface area contributed by atoms with E-state index in [1.807, 2.05) is 12.1 Å². The van der Waals surface area contributed by atoms with Crippen molar-refractivity contribution in [2.45, 2.75) is 6.61 Å². The lowest BCUT2D eigenvalue weighted by Gasteiger charge is -2.31. The van der Waals surface area contributed by atoms with Crippen LogP contribution in [0.15, 0.2) is 22.7 Å². The predicted octanol–water partition coefficient (Wildman–Crippen LogP) is 1.35. The van der Waals surface area contributed by atoms with E-state index in [0.29, 0.717) is 0 Å². The summed E-state index contributed by atoms with van der Waals surface area (Å²) in [6, 6.07) is 6.02. The van der Waals surface area contributed by atoms with Crippen molar-refractivity contribution >= 4 is 21.6 Å². The molecule has 4 heteroatoms. The molecule has 0 amide bonds. The van der Waals surface area contributed by atoms with Gasteiger partial charge in [-0.2, -0.15) is 0 Å². The van der Waals surface area contributed by atoms with Crippen molar-refractivity contribution in [3.63, 3.8) is 0 Å². The van der Waals surface area contributed by atoms with Crippen LogP contribution in [0.1, 0.15) is 5.56 Å². The highest BCUT2D eigenvalue weighted by atomic mass is 79.9. The van der Waals surface area contributed by atoms with Crippen molar-refractivity contribution < 1.29 is 5.11 Å². The number of piperazine rings is 1. The highest BCUT2D eigenvalue weighted by Gasteiger charge is 2.13. The summed E-state index contributed by atoms with van der Waals surface area (Å²) in [5.41, 5.74) is 2.15. The normalized spacial score (nSPS) is 16.8. The molecule has 82 valence electrons. The Balaban J connectivity index is 2.27. The second-order valence-electron chi connectivity index (χ2n) is 3.67. The van der Waals surface area contributed by atoms with Crippen LogP contribution >= 0.6 is 15.9 Å². The molecule has 0 unspecified atom stereocenters. The average Bonchev–Trinajstić information content (AvgIpc) is 2.30. The summed E-state index contributed by atoms with van der Waals surface area (Å²) in [4.78, 5) is 2.31. The minimum Gasteiger partial charge on any atom is -0.392 e. The molecule has 0 spiro atoms. The van der Waals surface area contributed by atoms with Gasteiger partial charge in [-0.15, -0.1) is 0 Å². The van der Waals surface area contributed by atoms with Gasteiger partial charge in [-0.25, -0.2) is 0 Å². The molecule has 0 saturated carbocycles. The third kappa shape index (κ3) is 2.51. The van der Waals surface area contributed by atoms with E-state index in [0.717, 1.165) is 41.9 Å². The first-order valence-corrected chi connectivity index (χ1v) is 5.95. The van der Waals surface area contributed by atoms with Gasteiger partial charge in [0.2, 0.25) is 0 Å². The highest BCUT2D eigenvalue weighted by Crippen LogP contribution is 2.25. The smallest absolute Gasteiger partial charge is 0.0702 e. The fraction of sp³-hybridized carbons (Fsp3) is 0.455. The number of anilines is 1. The first-order valence-electron chi connectivity index (χ1n) is 5.16. The van der Waals surface area contributed by atoms with Gasteiger partial charge in [0.15, 0.2) is 0 Å². The zero-order valence-corrected chi connectivity index (χ0v) is 10.1. The quantitative estimate of drug-likeness (QED) is 0.852. The number of halogens is 1. The lowest BCUT2D eigenvalue weighted by atomic mass is 10.1. The van der Waals surface area contributed by atoms with Crippen molar-refractivity contribution in [3.05, 3.63) is 28.2 Å². The van der Waals surface area contributed by atoms with Crippen LogP contribution in [0.5, 0.6) is 0 Å². The van der Waals surface area contributed by atoms with Crippen LogP contribution in [0.4, 0.5) is 5.69 Å². The third-order valence-electron chi connectivity index (χ3n) is 2.68. The summed E-state index contributed by atoms with van der Waals surface area (Å²) in [6.45, 7) is 4.13. The molecular formula is C11H15BrN2O. The fourth-order valence-electron chi connectivity index (χ4n) is 1.87. The maximum atomic E-state index is 9.28. The molecule has 0 atom stereocenters. The fourth-order valence-corrected chi connectivity index (χ4v) is 2.22. The molecule has 1 aliphatic rings. The molecule has 1 aromatic rings. The minimum absolute atomic E-state index is 0.104. The van der Waals surface area contributed by atoms with E-state index in [1.165, 1.54) is 0 Å². The summed E-state index contributed by atoms with van der Waals surface area (Å²) in [5.74, 6) is 0. The van der Waals surface area contributed by atoms with Crippen LogP contribution in [-0.2, 0) is 6.61 Å². The summed E-state index contributed by atoms with van der Waals surface area (Å²) < 4.78 is 1.06. The number of aliphatic hydroxyl groups excluding tert-OH is 1. The molecule has 2 N–H and O–H groups in total. The molecule has 1 fully saturated rings. The van der Waals surface area contributed by atoms with Crippen molar-refractivity contribution in [2.75, 3.05) is 31.1 Å². The molecule has 1 aliphatic heterocycles. The lowest BCUT2D eigenvalue weighted by Crippen LogP contribution is -2.43. The third-order valence-corrected chi connectivity index (χ3v) is 3.17. The summed E-state index contributed by atoms with van der Waals surface area (Å²) in [6.07, 6.45) is 0. The second kappa shape index (κ2) is 4.96. The van der Waals surface area contributed by atoms with Gasteiger partial charge in [0, 0.05) is 41.9 Å². The van der Waals surface area contributed by atoms with Gasteiger partial charge < -0.3 is 15.3 Å². The van der Waals surface area contributed by atoms with E-state index in [9.17, 15) is 5.11 Å². The van der Waals surface area contributed by atoms with Crippen LogP contribution in [0.2, 0.25) is 0 Å². The molecule has 0 bridgehead atoms. The van der Waals surface area contributed by atoms with Crippen LogP contribution < -0.4 is 10.2 Å². The van der Waals surface area contributed by atoms with Crippen molar-refractivity contribution in [1.29, 1.82) is 0 Å². The van der Waals surface area contributed by atoms with Crippen LogP contribution in [0.3, 0.4) is 0 Å². The summed E-state index contributed by atoms with van der Waals surface area (Å²) in [7, 11) is 0. The Bertz CT molecular complexity index is 337. The number of hydrogen-bond donors (Lipinski definition) is 2. The Morgan fingerprint density at radius 3 is 2.73 bits per heavy atom. The zero-order valence-electron chi connectivity index (χ0n) is 8.54. The molecule has 0 aliphatic carbocycles. The zero-order chi connectivity index (χ0) is 10.7. The highest BCUT2D eigenvalue weighted by molar-refractivity contribution is 9.10. The summed E-state index contributed by atoms with van der Waals surface area (Å²) >= 11 is 3.47. The monoisotopic (exact) mass is 270 g/mol.